The smallest absolute Gasteiger partial charge is 0.335 e. The van der Waals surface area contributed by atoms with Crippen LogP contribution in [0, 0.1) is 0 Å². The lowest BCUT2D eigenvalue weighted by molar-refractivity contribution is -0.137. The third-order valence-electron chi connectivity index (χ3n) is 2.07. The van der Waals surface area contributed by atoms with E-state index in [4.69, 9.17) is 11.6 Å². The first-order valence-electron chi connectivity index (χ1n) is 3.97. The molecule has 0 spiro atoms. The molecule has 1 aliphatic carbocycles. The molecule has 0 bridgehead atoms. The number of ether oxygens (including phenoxy) is 1. The third-order valence-corrected chi connectivity index (χ3v) is 2.56. The van der Waals surface area contributed by atoms with Crippen molar-refractivity contribution in [3.63, 3.8) is 0 Å². The highest BCUT2D eigenvalue weighted by molar-refractivity contribution is 6.25. The quantitative estimate of drug-likeness (QED) is 0.383. The molecule has 0 unspecified atom stereocenters. The first-order chi connectivity index (χ1) is 6.49. The van der Waals surface area contributed by atoms with Crippen LogP contribution in [0.15, 0.2) is 11.6 Å². The normalized spacial score (nSPS) is 37.6. The Morgan fingerprint density at radius 2 is 2.00 bits per heavy atom. The zero-order valence-corrected chi connectivity index (χ0v) is 8.18. The van der Waals surface area contributed by atoms with Crippen molar-refractivity contribution in [3.05, 3.63) is 11.6 Å². The summed E-state index contributed by atoms with van der Waals surface area (Å²) in [5.41, 5.74) is -0.0422. The van der Waals surface area contributed by atoms with E-state index in [1.165, 1.54) is 0 Å². The van der Waals surface area contributed by atoms with Gasteiger partial charge >= 0.3 is 5.97 Å². The number of halogens is 1. The summed E-state index contributed by atoms with van der Waals surface area (Å²) in [7, 11) is 1.16. The van der Waals surface area contributed by atoms with Crippen LogP contribution in [-0.2, 0) is 9.53 Å². The van der Waals surface area contributed by atoms with Crippen molar-refractivity contribution in [2.45, 2.75) is 23.7 Å². The van der Waals surface area contributed by atoms with Crippen LogP contribution in [-0.4, -0.2) is 52.1 Å². The Morgan fingerprint density at radius 1 is 1.43 bits per heavy atom. The molecular weight excluding hydrogens is 212 g/mol. The fourth-order valence-electron chi connectivity index (χ4n) is 1.23. The summed E-state index contributed by atoms with van der Waals surface area (Å²) in [6.45, 7) is 0. The van der Waals surface area contributed by atoms with Gasteiger partial charge in [0, 0.05) is 0 Å². The second kappa shape index (κ2) is 4.27. The predicted octanol–water partition coefficient (Wildman–Crippen LogP) is -1.21. The van der Waals surface area contributed by atoms with Crippen molar-refractivity contribution in [1.29, 1.82) is 0 Å². The molecule has 0 aromatic carbocycles. The molecule has 0 heterocycles. The molecular formula is C8H11ClO5. The zero-order chi connectivity index (χ0) is 10.9. The molecule has 0 aromatic heterocycles. The Kier molecular flexibility index (Phi) is 3.49. The lowest BCUT2D eigenvalue weighted by Gasteiger charge is -2.30. The van der Waals surface area contributed by atoms with Gasteiger partial charge in [0.2, 0.25) is 0 Å². The van der Waals surface area contributed by atoms with Crippen LogP contribution in [0.2, 0.25) is 0 Å². The molecule has 1 aliphatic rings. The molecule has 0 aromatic rings. The minimum atomic E-state index is -1.38. The number of rotatable bonds is 1. The molecule has 14 heavy (non-hydrogen) atoms. The van der Waals surface area contributed by atoms with Gasteiger partial charge in [-0.1, -0.05) is 0 Å². The number of aliphatic hydroxyl groups is 3. The number of esters is 1. The average molecular weight is 223 g/mol. The van der Waals surface area contributed by atoms with Crippen LogP contribution in [0.25, 0.3) is 0 Å². The molecule has 4 atom stereocenters. The fraction of sp³-hybridized carbons (Fsp3) is 0.625. The summed E-state index contributed by atoms with van der Waals surface area (Å²) in [6.07, 6.45) is -2.99. The van der Waals surface area contributed by atoms with Gasteiger partial charge in [0.05, 0.1) is 18.1 Å². The topological polar surface area (TPSA) is 87.0 Å². The first kappa shape index (κ1) is 11.5. The molecule has 0 saturated carbocycles. The van der Waals surface area contributed by atoms with Gasteiger partial charge in [-0.2, -0.15) is 0 Å². The molecule has 6 heteroatoms. The van der Waals surface area contributed by atoms with E-state index in [-0.39, 0.29) is 5.57 Å². The van der Waals surface area contributed by atoms with Crippen molar-refractivity contribution in [2.75, 3.05) is 7.11 Å². The van der Waals surface area contributed by atoms with E-state index in [1.54, 1.807) is 0 Å². The largest absolute Gasteiger partial charge is 0.466 e. The number of alkyl halides is 1. The Balaban J connectivity index is 2.95. The third kappa shape index (κ3) is 1.90. The summed E-state index contributed by atoms with van der Waals surface area (Å²) in [6, 6.07) is 0. The second-order valence-corrected chi connectivity index (χ2v) is 3.46. The Bertz CT molecular complexity index is 264. The van der Waals surface area contributed by atoms with E-state index in [0.717, 1.165) is 13.2 Å². The molecule has 0 amide bonds. The monoisotopic (exact) mass is 222 g/mol. The molecule has 80 valence electrons. The molecule has 0 radical (unpaired) electrons. The van der Waals surface area contributed by atoms with Crippen LogP contribution in [0.4, 0.5) is 0 Å². The Morgan fingerprint density at radius 3 is 2.50 bits per heavy atom. The van der Waals surface area contributed by atoms with Gasteiger partial charge in [-0.15, -0.1) is 11.6 Å². The number of hydrogen-bond acceptors (Lipinski definition) is 5. The average Bonchev–Trinajstić information content (AvgIpc) is 2.19. The highest BCUT2D eigenvalue weighted by Gasteiger charge is 2.39. The maximum absolute atomic E-state index is 11.1. The van der Waals surface area contributed by atoms with Gasteiger partial charge in [-0.05, 0) is 6.08 Å². The lowest BCUT2D eigenvalue weighted by Crippen LogP contribution is -2.47. The van der Waals surface area contributed by atoms with E-state index in [1.807, 2.05) is 0 Å². The minimum Gasteiger partial charge on any atom is -0.466 e. The fourth-order valence-corrected chi connectivity index (χ4v) is 1.54. The van der Waals surface area contributed by atoms with E-state index < -0.39 is 29.7 Å². The van der Waals surface area contributed by atoms with Gasteiger partial charge in [-0.3, -0.25) is 0 Å². The van der Waals surface area contributed by atoms with Gasteiger partial charge < -0.3 is 20.1 Å². The number of hydrogen-bond donors (Lipinski definition) is 3. The van der Waals surface area contributed by atoms with Gasteiger partial charge in [0.25, 0.3) is 0 Å². The maximum atomic E-state index is 11.1. The van der Waals surface area contributed by atoms with Crippen LogP contribution in [0.3, 0.4) is 0 Å². The number of aliphatic hydroxyl groups excluding tert-OH is 3. The van der Waals surface area contributed by atoms with E-state index in [0.29, 0.717) is 0 Å². The number of carbonyl (C=O) groups is 1. The van der Waals surface area contributed by atoms with Crippen molar-refractivity contribution in [1.82, 2.24) is 0 Å². The number of carbonyl (C=O) groups excluding carboxylic acids is 1. The van der Waals surface area contributed by atoms with Crippen LogP contribution in [0.5, 0.6) is 0 Å². The molecule has 0 aliphatic heterocycles. The highest BCUT2D eigenvalue weighted by Crippen LogP contribution is 2.25. The highest BCUT2D eigenvalue weighted by atomic mass is 35.5. The van der Waals surface area contributed by atoms with Crippen molar-refractivity contribution in [2.24, 2.45) is 0 Å². The van der Waals surface area contributed by atoms with Gasteiger partial charge in [0.15, 0.2) is 0 Å². The van der Waals surface area contributed by atoms with Crippen LogP contribution in [0.1, 0.15) is 0 Å². The Labute approximate surface area is 85.6 Å². The lowest BCUT2D eigenvalue weighted by atomic mass is 9.92. The SMILES string of the molecule is COC(=O)C1=C[C@@H](O)[C@H](O)[C@H](O)[C@@H]1Cl. The predicted molar refractivity (Wildman–Crippen MR) is 47.8 cm³/mol. The van der Waals surface area contributed by atoms with E-state index >= 15 is 0 Å². The van der Waals surface area contributed by atoms with Crippen molar-refractivity contribution >= 4 is 17.6 Å². The summed E-state index contributed by atoms with van der Waals surface area (Å²) in [4.78, 5) is 11.1. The molecule has 0 saturated heterocycles. The molecule has 5 nitrogen and oxygen atoms in total. The maximum Gasteiger partial charge on any atom is 0.335 e. The van der Waals surface area contributed by atoms with Gasteiger partial charge in [0.1, 0.15) is 18.3 Å². The summed E-state index contributed by atoms with van der Waals surface area (Å²) in [5.74, 6) is -0.727. The molecule has 1 rings (SSSR count). The summed E-state index contributed by atoms with van der Waals surface area (Å²) in [5, 5.41) is 26.7. The molecule has 3 N–H and O–H groups in total. The minimum absolute atomic E-state index is 0.0422. The molecule has 0 fully saturated rings. The van der Waals surface area contributed by atoms with Crippen molar-refractivity contribution < 1.29 is 24.9 Å². The van der Waals surface area contributed by atoms with Crippen molar-refractivity contribution in [3.8, 4) is 0 Å². The summed E-state index contributed by atoms with van der Waals surface area (Å²) >= 11 is 5.68. The van der Waals surface area contributed by atoms with E-state index in [2.05, 4.69) is 4.74 Å². The second-order valence-electron chi connectivity index (χ2n) is 2.99. The van der Waals surface area contributed by atoms with Crippen LogP contribution < -0.4 is 0 Å². The van der Waals surface area contributed by atoms with Gasteiger partial charge in [-0.25, -0.2) is 4.79 Å². The Hall–Kier alpha value is -0.620. The van der Waals surface area contributed by atoms with Crippen LogP contribution >= 0.6 is 11.6 Å². The zero-order valence-electron chi connectivity index (χ0n) is 7.42. The number of methoxy groups -OCH3 is 1. The summed E-state index contributed by atoms with van der Waals surface area (Å²) < 4.78 is 4.40. The standard InChI is InChI=1S/C8H11ClO5/c1-14-8(13)3-2-4(10)6(11)7(12)5(3)9/h2,4-7,10-12H,1H3/t4-,5-,6+,7-/m1/s1. The van der Waals surface area contributed by atoms with E-state index in [9.17, 15) is 20.1 Å². The first-order valence-corrected chi connectivity index (χ1v) is 4.41.